The zero-order valence-corrected chi connectivity index (χ0v) is 10.9. The number of rotatable bonds is 1. The number of nitrogen functional groups attached to an aromatic ring is 1. The highest BCUT2D eigenvalue weighted by Gasteiger charge is 1.96. The van der Waals surface area contributed by atoms with Crippen molar-refractivity contribution >= 4 is 23.0 Å². The summed E-state index contributed by atoms with van der Waals surface area (Å²) in [5, 5.41) is 0.986. The number of hydrogen-bond donors (Lipinski definition) is 1. The molecule has 0 aliphatic carbocycles. The number of aromatic nitrogens is 1. The molecule has 0 saturated carbocycles. The summed E-state index contributed by atoms with van der Waals surface area (Å²) in [7, 11) is 0. The van der Waals surface area contributed by atoms with Gasteiger partial charge in [-0.1, -0.05) is 39.8 Å². The fourth-order valence-electron chi connectivity index (χ4n) is 1.22. The van der Waals surface area contributed by atoms with E-state index in [0.29, 0.717) is 11.4 Å². The largest absolute Gasteiger partial charge is 0.384 e. The van der Waals surface area contributed by atoms with E-state index in [2.05, 4.69) is 4.98 Å². The van der Waals surface area contributed by atoms with Crippen molar-refractivity contribution in [2.75, 3.05) is 5.73 Å². The Morgan fingerprint density at radius 3 is 2.24 bits per heavy atom. The molecule has 1 heterocycles. The summed E-state index contributed by atoms with van der Waals surface area (Å²) in [6.45, 7) is 8.00. The maximum Gasteiger partial charge on any atom is 0.150 e. The molecule has 0 saturated heterocycles. The minimum atomic E-state index is 0.468. The van der Waals surface area contributed by atoms with Crippen LogP contribution in [-0.4, -0.2) is 11.3 Å². The van der Waals surface area contributed by atoms with E-state index in [0.717, 1.165) is 17.2 Å². The number of aldehydes is 1. The van der Waals surface area contributed by atoms with E-state index >= 15 is 0 Å². The molecule has 2 aromatic rings. The maximum atomic E-state index is 10.5. The highest BCUT2D eigenvalue weighted by Crippen LogP contribution is 2.14. The van der Waals surface area contributed by atoms with Crippen LogP contribution in [0.25, 0.3) is 10.9 Å². The molecule has 1 aromatic heterocycles. The van der Waals surface area contributed by atoms with E-state index in [9.17, 15) is 4.79 Å². The second kappa shape index (κ2) is 8.28. The Balaban J connectivity index is 0.000000581. The Hall–Kier alpha value is -1.90. The van der Waals surface area contributed by atoms with Gasteiger partial charge in [0.1, 0.15) is 12.1 Å². The predicted molar refractivity (Wildman–Crippen MR) is 74.2 cm³/mol. The van der Waals surface area contributed by atoms with Crippen molar-refractivity contribution in [2.24, 2.45) is 0 Å². The van der Waals surface area contributed by atoms with Gasteiger partial charge in [-0.25, -0.2) is 4.98 Å². The molecule has 0 atom stereocenters. The SMILES string of the molecule is CC.CC.Nc1ccc2ccc(C=O)cc2n1. The van der Waals surface area contributed by atoms with Crippen molar-refractivity contribution in [3.8, 4) is 0 Å². The summed E-state index contributed by atoms with van der Waals surface area (Å²) in [6, 6.07) is 8.95. The second-order valence-electron chi connectivity index (χ2n) is 2.81. The van der Waals surface area contributed by atoms with E-state index in [4.69, 9.17) is 5.73 Å². The first kappa shape index (κ1) is 15.1. The van der Waals surface area contributed by atoms with E-state index in [1.807, 2.05) is 39.8 Å². The molecule has 0 radical (unpaired) electrons. The van der Waals surface area contributed by atoms with Crippen LogP contribution in [0.2, 0.25) is 0 Å². The lowest BCUT2D eigenvalue weighted by Gasteiger charge is -1.98. The third-order valence-electron chi connectivity index (χ3n) is 1.87. The van der Waals surface area contributed by atoms with E-state index in [1.165, 1.54) is 0 Å². The molecule has 0 aliphatic heterocycles. The zero-order valence-electron chi connectivity index (χ0n) is 10.9. The summed E-state index contributed by atoms with van der Waals surface area (Å²) in [6.07, 6.45) is 0.796. The number of pyridine rings is 1. The standard InChI is InChI=1S/C10H8N2O.2C2H6/c11-10-4-3-8-2-1-7(6-13)5-9(8)12-10;2*1-2/h1-6H,(H2,11,12);2*1-2H3. The number of carbonyl (C=O) groups excluding carboxylic acids is 1. The molecule has 0 spiro atoms. The van der Waals surface area contributed by atoms with Crippen LogP contribution in [0, 0.1) is 0 Å². The third-order valence-corrected chi connectivity index (χ3v) is 1.87. The Morgan fingerprint density at radius 1 is 1.06 bits per heavy atom. The van der Waals surface area contributed by atoms with Gasteiger partial charge in [0.25, 0.3) is 0 Å². The van der Waals surface area contributed by atoms with E-state index < -0.39 is 0 Å². The average Bonchev–Trinajstić information content (AvgIpc) is 2.42. The van der Waals surface area contributed by atoms with Crippen molar-refractivity contribution < 1.29 is 4.79 Å². The highest BCUT2D eigenvalue weighted by molar-refractivity contribution is 5.87. The molecule has 0 fully saturated rings. The summed E-state index contributed by atoms with van der Waals surface area (Å²) in [5.74, 6) is 0.468. The molecule has 17 heavy (non-hydrogen) atoms. The number of nitrogens with two attached hydrogens (primary N) is 1. The monoisotopic (exact) mass is 232 g/mol. The van der Waals surface area contributed by atoms with Crippen molar-refractivity contribution in [3.63, 3.8) is 0 Å². The van der Waals surface area contributed by atoms with Crippen LogP contribution in [0.15, 0.2) is 30.3 Å². The van der Waals surface area contributed by atoms with Crippen molar-refractivity contribution in [3.05, 3.63) is 35.9 Å². The minimum Gasteiger partial charge on any atom is -0.384 e. The minimum absolute atomic E-state index is 0.468. The van der Waals surface area contributed by atoms with Gasteiger partial charge in [0.05, 0.1) is 5.52 Å². The Bertz CT molecular complexity index is 467. The van der Waals surface area contributed by atoms with Gasteiger partial charge < -0.3 is 5.73 Å². The molecule has 2 rings (SSSR count). The molecule has 92 valence electrons. The summed E-state index contributed by atoms with van der Waals surface area (Å²) in [4.78, 5) is 14.6. The van der Waals surface area contributed by atoms with Gasteiger partial charge in [0.15, 0.2) is 0 Å². The van der Waals surface area contributed by atoms with Crippen LogP contribution in [0.1, 0.15) is 38.1 Å². The zero-order chi connectivity index (χ0) is 13.3. The van der Waals surface area contributed by atoms with Crippen LogP contribution in [0.4, 0.5) is 5.82 Å². The molecular weight excluding hydrogens is 212 g/mol. The fraction of sp³-hybridized carbons (Fsp3) is 0.286. The summed E-state index contributed by atoms with van der Waals surface area (Å²) < 4.78 is 0. The smallest absolute Gasteiger partial charge is 0.150 e. The molecular formula is C14H20N2O. The molecule has 1 aromatic carbocycles. The quantitative estimate of drug-likeness (QED) is 0.763. The maximum absolute atomic E-state index is 10.5. The topological polar surface area (TPSA) is 56.0 Å². The van der Waals surface area contributed by atoms with Crippen molar-refractivity contribution in [1.29, 1.82) is 0 Å². The average molecular weight is 232 g/mol. The summed E-state index contributed by atoms with van der Waals surface area (Å²) in [5.41, 5.74) is 6.89. The van der Waals surface area contributed by atoms with Gasteiger partial charge in [0.2, 0.25) is 0 Å². The van der Waals surface area contributed by atoms with Gasteiger partial charge in [0, 0.05) is 10.9 Å². The number of nitrogens with zero attached hydrogens (tertiary/aromatic N) is 1. The molecule has 3 nitrogen and oxygen atoms in total. The van der Waals surface area contributed by atoms with Gasteiger partial charge in [-0.3, -0.25) is 4.79 Å². The lowest BCUT2D eigenvalue weighted by molar-refractivity contribution is 0.112. The van der Waals surface area contributed by atoms with Crippen molar-refractivity contribution in [1.82, 2.24) is 4.98 Å². The first-order valence-corrected chi connectivity index (χ1v) is 5.91. The second-order valence-corrected chi connectivity index (χ2v) is 2.81. The Morgan fingerprint density at radius 2 is 1.65 bits per heavy atom. The van der Waals surface area contributed by atoms with Crippen LogP contribution in [0.5, 0.6) is 0 Å². The lowest BCUT2D eigenvalue weighted by atomic mass is 10.1. The number of fused-ring (bicyclic) bond motifs is 1. The lowest BCUT2D eigenvalue weighted by Crippen LogP contribution is -1.90. The number of carbonyl (C=O) groups is 1. The first-order chi connectivity index (χ1) is 8.29. The normalized spacial score (nSPS) is 8.47. The van der Waals surface area contributed by atoms with Crippen LogP contribution >= 0.6 is 0 Å². The molecule has 0 bridgehead atoms. The van der Waals surface area contributed by atoms with Crippen LogP contribution < -0.4 is 5.73 Å². The van der Waals surface area contributed by atoms with Crippen LogP contribution in [-0.2, 0) is 0 Å². The fourth-order valence-corrected chi connectivity index (χ4v) is 1.22. The first-order valence-electron chi connectivity index (χ1n) is 5.91. The number of anilines is 1. The van der Waals surface area contributed by atoms with Gasteiger partial charge in [-0.15, -0.1) is 0 Å². The number of hydrogen-bond acceptors (Lipinski definition) is 3. The molecule has 2 N–H and O–H groups in total. The van der Waals surface area contributed by atoms with E-state index in [-0.39, 0.29) is 0 Å². The third kappa shape index (κ3) is 4.23. The van der Waals surface area contributed by atoms with E-state index in [1.54, 1.807) is 18.2 Å². The molecule has 0 aliphatic rings. The Kier molecular flexibility index (Phi) is 7.35. The molecule has 3 heteroatoms. The number of benzene rings is 1. The van der Waals surface area contributed by atoms with Crippen LogP contribution in [0.3, 0.4) is 0 Å². The van der Waals surface area contributed by atoms with Crippen molar-refractivity contribution in [2.45, 2.75) is 27.7 Å². The molecule has 0 amide bonds. The molecule has 0 unspecified atom stereocenters. The van der Waals surface area contributed by atoms with Gasteiger partial charge >= 0.3 is 0 Å². The Labute approximate surface area is 103 Å². The van der Waals surface area contributed by atoms with Gasteiger partial charge in [-0.05, 0) is 18.2 Å². The highest BCUT2D eigenvalue weighted by atomic mass is 16.1. The predicted octanol–water partition coefficient (Wildman–Crippen LogP) is 3.68. The summed E-state index contributed by atoms with van der Waals surface area (Å²) >= 11 is 0. The van der Waals surface area contributed by atoms with Gasteiger partial charge in [-0.2, -0.15) is 0 Å².